The summed E-state index contributed by atoms with van der Waals surface area (Å²) < 4.78 is 23.6. The van der Waals surface area contributed by atoms with Gasteiger partial charge >= 0.3 is 0 Å². The van der Waals surface area contributed by atoms with E-state index >= 15 is 0 Å². The average molecular weight is 215 g/mol. The SMILES string of the molecule is CC(=O)NCCNS(=O)(=O)CCl. The van der Waals surface area contributed by atoms with E-state index in [1.54, 1.807) is 0 Å². The lowest BCUT2D eigenvalue weighted by atomic mass is 10.6. The minimum Gasteiger partial charge on any atom is -0.355 e. The Morgan fingerprint density at radius 2 is 2.00 bits per heavy atom. The Bertz CT molecular complexity index is 239. The van der Waals surface area contributed by atoms with Gasteiger partial charge in [-0.15, -0.1) is 11.6 Å². The number of amides is 1. The first-order valence-electron chi connectivity index (χ1n) is 3.25. The van der Waals surface area contributed by atoms with Crippen LogP contribution in [0, 0.1) is 0 Å². The maximum atomic E-state index is 10.7. The number of nitrogens with one attached hydrogen (secondary N) is 2. The second-order valence-electron chi connectivity index (χ2n) is 2.10. The molecule has 0 aliphatic rings. The van der Waals surface area contributed by atoms with Gasteiger partial charge in [-0.05, 0) is 0 Å². The van der Waals surface area contributed by atoms with Crippen LogP contribution in [0.1, 0.15) is 6.92 Å². The van der Waals surface area contributed by atoms with E-state index in [2.05, 4.69) is 10.0 Å². The van der Waals surface area contributed by atoms with Crippen LogP contribution in [0.5, 0.6) is 0 Å². The molecule has 0 fully saturated rings. The highest BCUT2D eigenvalue weighted by atomic mass is 35.5. The van der Waals surface area contributed by atoms with Crippen molar-refractivity contribution in [1.82, 2.24) is 10.0 Å². The summed E-state index contributed by atoms with van der Waals surface area (Å²) in [6.45, 7) is 1.79. The standard InChI is InChI=1S/C5H11ClN2O3S/c1-5(9)7-2-3-8-12(10,11)4-6/h8H,2-4H2,1H3,(H,7,9). The molecule has 0 saturated heterocycles. The molecular formula is C5H11ClN2O3S. The van der Waals surface area contributed by atoms with E-state index in [1.807, 2.05) is 0 Å². The highest BCUT2D eigenvalue weighted by Gasteiger charge is 2.05. The van der Waals surface area contributed by atoms with Crippen molar-refractivity contribution in [3.05, 3.63) is 0 Å². The summed E-state index contributed by atoms with van der Waals surface area (Å²) in [4.78, 5) is 10.3. The second-order valence-corrected chi connectivity index (χ2v) is 4.49. The zero-order chi connectivity index (χ0) is 9.61. The third-order valence-electron chi connectivity index (χ3n) is 0.965. The van der Waals surface area contributed by atoms with Gasteiger partial charge in [0.15, 0.2) is 0 Å². The summed E-state index contributed by atoms with van der Waals surface area (Å²) >= 11 is 5.10. The molecule has 0 spiro atoms. The summed E-state index contributed by atoms with van der Waals surface area (Å²) in [5, 5.41) is 1.97. The van der Waals surface area contributed by atoms with Crippen molar-refractivity contribution in [2.24, 2.45) is 0 Å². The first-order chi connectivity index (χ1) is 5.48. The molecule has 0 aromatic heterocycles. The number of halogens is 1. The summed E-state index contributed by atoms with van der Waals surface area (Å²) in [5.41, 5.74) is 0. The normalized spacial score (nSPS) is 11.2. The Kier molecular flexibility index (Phi) is 5.19. The topological polar surface area (TPSA) is 75.3 Å². The molecule has 2 N–H and O–H groups in total. The van der Waals surface area contributed by atoms with E-state index in [9.17, 15) is 13.2 Å². The minimum absolute atomic E-state index is 0.161. The predicted octanol–water partition coefficient (Wildman–Crippen LogP) is -0.762. The summed E-state index contributed by atoms with van der Waals surface area (Å²) in [5.74, 6) is -0.194. The maximum Gasteiger partial charge on any atom is 0.225 e. The molecule has 7 heteroatoms. The van der Waals surface area contributed by atoms with Crippen LogP contribution in [0.2, 0.25) is 0 Å². The number of rotatable bonds is 5. The van der Waals surface area contributed by atoms with E-state index in [1.165, 1.54) is 6.92 Å². The fraction of sp³-hybridized carbons (Fsp3) is 0.800. The number of sulfonamides is 1. The van der Waals surface area contributed by atoms with E-state index in [0.717, 1.165) is 0 Å². The smallest absolute Gasteiger partial charge is 0.225 e. The van der Waals surface area contributed by atoms with Crippen molar-refractivity contribution < 1.29 is 13.2 Å². The van der Waals surface area contributed by atoms with Gasteiger partial charge in [-0.1, -0.05) is 0 Å². The first-order valence-corrected chi connectivity index (χ1v) is 5.44. The summed E-state index contributed by atoms with van der Waals surface area (Å²) in [6.07, 6.45) is 0. The van der Waals surface area contributed by atoms with Crippen LogP contribution in [0.15, 0.2) is 0 Å². The van der Waals surface area contributed by atoms with Gasteiger partial charge in [-0.2, -0.15) is 0 Å². The number of hydrogen-bond donors (Lipinski definition) is 2. The van der Waals surface area contributed by atoms with Gasteiger partial charge in [0.2, 0.25) is 15.9 Å². The molecule has 0 atom stereocenters. The molecule has 0 unspecified atom stereocenters. The maximum absolute atomic E-state index is 10.7. The lowest BCUT2D eigenvalue weighted by Crippen LogP contribution is -2.34. The van der Waals surface area contributed by atoms with Gasteiger partial charge < -0.3 is 5.32 Å². The predicted molar refractivity (Wildman–Crippen MR) is 46.3 cm³/mol. The van der Waals surface area contributed by atoms with E-state index in [4.69, 9.17) is 11.6 Å². The Hall–Kier alpha value is -0.330. The van der Waals surface area contributed by atoms with Crippen LogP contribution in [0.3, 0.4) is 0 Å². The van der Waals surface area contributed by atoms with Crippen LogP contribution < -0.4 is 10.0 Å². The molecule has 0 rings (SSSR count). The Labute approximate surface area is 76.5 Å². The highest BCUT2D eigenvalue weighted by Crippen LogP contribution is 1.85. The summed E-state index contributed by atoms with van der Waals surface area (Å²) in [7, 11) is -3.35. The Balaban J connectivity index is 3.51. The van der Waals surface area contributed by atoms with Crippen molar-refractivity contribution in [3.8, 4) is 0 Å². The molecule has 5 nitrogen and oxygen atoms in total. The molecule has 12 heavy (non-hydrogen) atoms. The lowest BCUT2D eigenvalue weighted by Gasteiger charge is -2.03. The molecule has 0 aliphatic heterocycles. The van der Waals surface area contributed by atoms with Gasteiger partial charge in [-0.25, -0.2) is 13.1 Å². The zero-order valence-corrected chi connectivity index (χ0v) is 8.20. The van der Waals surface area contributed by atoms with Gasteiger partial charge in [0, 0.05) is 20.0 Å². The highest BCUT2D eigenvalue weighted by molar-refractivity contribution is 7.90. The number of hydrogen-bond acceptors (Lipinski definition) is 3. The van der Waals surface area contributed by atoms with Gasteiger partial charge in [0.25, 0.3) is 0 Å². The number of alkyl halides is 1. The van der Waals surface area contributed by atoms with Crippen molar-refractivity contribution >= 4 is 27.5 Å². The third kappa shape index (κ3) is 6.38. The van der Waals surface area contributed by atoms with Crippen molar-refractivity contribution in [3.63, 3.8) is 0 Å². The van der Waals surface area contributed by atoms with Crippen molar-refractivity contribution in [2.75, 3.05) is 18.3 Å². The lowest BCUT2D eigenvalue weighted by molar-refractivity contribution is -0.118. The average Bonchev–Trinajstić information content (AvgIpc) is 1.98. The van der Waals surface area contributed by atoms with E-state index < -0.39 is 15.2 Å². The molecule has 0 aromatic rings. The van der Waals surface area contributed by atoms with E-state index in [0.29, 0.717) is 0 Å². The van der Waals surface area contributed by atoms with Gasteiger partial charge in [0.05, 0.1) is 0 Å². The molecule has 0 aromatic carbocycles. The largest absolute Gasteiger partial charge is 0.355 e. The first kappa shape index (κ1) is 11.7. The fourth-order valence-corrected chi connectivity index (χ4v) is 1.21. The van der Waals surface area contributed by atoms with Crippen LogP contribution in [0.4, 0.5) is 0 Å². The molecular weight excluding hydrogens is 204 g/mol. The van der Waals surface area contributed by atoms with Crippen LogP contribution >= 0.6 is 11.6 Å². The van der Waals surface area contributed by atoms with Crippen LogP contribution in [-0.2, 0) is 14.8 Å². The zero-order valence-electron chi connectivity index (χ0n) is 6.63. The summed E-state index contributed by atoms with van der Waals surface area (Å²) in [6, 6.07) is 0. The van der Waals surface area contributed by atoms with Crippen LogP contribution in [-0.4, -0.2) is 32.6 Å². The molecule has 0 saturated carbocycles. The molecule has 0 aliphatic carbocycles. The number of carbonyl (C=O) groups is 1. The third-order valence-corrected chi connectivity index (χ3v) is 2.76. The second kappa shape index (κ2) is 5.34. The van der Waals surface area contributed by atoms with E-state index in [-0.39, 0.29) is 19.0 Å². The molecule has 1 amide bonds. The quantitative estimate of drug-likeness (QED) is 0.467. The molecule has 0 heterocycles. The molecule has 72 valence electrons. The van der Waals surface area contributed by atoms with Gasteiger partial charge in [-0.3, -0.25) is 4.79 Å². The fourth-order valence-electron chi connectivity index (χ4n) is 0.484. The van der Waals surface area contributed by atoms with Crippen LogP contribution in [0.25, 0.3) is 0 Å². The monoisotopic (exact) mass is 214 g/mol. The van der Waals surface area contributed by atoms with Crippen molar-refractivity contribution in [1.29, 1.82) is 0 Å². The number of carbonyl (C=O) groups excluding carboxylic acids is 1. The molecule has 0 bridgehead atoms. The van der Waals surface area contributed by atoms with Gasteiger partial charge in [0.1, 0.15) is 5.21 Å². The minimum atomic E-state index is -3.35. The van der Waals surface area contributed by atoms with Crippen molar-refractivity contribution in [2.45, 2.75) is 6.92 Å². The Morgan fingerprint density at radius 3 is 2.42 bits per heavy atom. The molecule has 0 radical (unpaired) electrons. The Morgan fingerprint density at radius 1 is 1.42 bits per heavy atom.